The monoisotopic (exact) mass is 453 g/mol. The van der Waals surface area contributed by atoms with Gasteiger partial charge in [0.2, 0.25) is 6.08 Å². The Hall–Kier alpha value is -0.270. The van der Waals surface area contributed by atoms with Gasteiger partial charge in [0, 0.05) is 0 Å². The van der Waals surface area contributed by atoms with Gasteiger partial charge in [0.15, 0.2) is 0 Å². The molecule has 0 aliphatic carbocycles. The maximum absolute atomic E-state index is 9.95. The molecule has 0 aromatic carbocycles. The van der Waals surface area contributed by atoms with E-state index in [0.29, 0.717) is 6.54 Å². The summed E-state index contributed by atoms with van der Waals surface area (Å²) in [6.45, 7) is 0.668. The second-order valence-corrected chi connectivity index (χ2v) is 9.98. The molecule has 0 aliphatic heterocycles. The van der Waals surface area contributed by atoms with Gasteiger partial charge in [-0.3, -0.25) is 0 Å². The zero-order chi connectivity index (χ0) is 22.5. The SMILES string of the molecule is O=C=NCCCCCCCCCCCCCCCCCCCCCCCCCCCS. The van der Waals surface area contributed by atoms with E-state index in [1.807, 2.05) is 0 Å². The van der Waals surface area contributed by atoms with Gasteiger partial charge in [-0.05, 0) is 18.6 Å². The van der Waals surface area contributed by atoms with Crippen molar-refractivity contribution in [2.24, 2.45) is 4.99 Å². The number of carbonyl (C=O) groups excluding carboxylic acids is 1. The molecule has 0 amide bonds. The Labute approximate surface area is 201 Å². The molecule has 0 rings (SSSR count). The minimum Gasteiger partial charge on any atom is -0.211 e. The summed E-state index contributed by atoms with van der Waals surface area (Å²) >= 11 is 4.27. The molecule has 0 aromatic rings. The lowest BCUT2D eigenvalue weighted by Gasteiger charge is -2.04. The van der Waals surface area contributed by atoms with Crippen molar-refractivity contribution in [2.45, 2.75) is 161 Å². The molecule has 0 aliphatic rings. The zero-order valence-electron chi connectivity index (χ0n) is 20.9. The predicted molar refractivity (Wildman–Crippen MR) is 142 cm³/mol. The number of unbranched alkanes of at least 4 members (excludes halogenated alkanes) is 24. The molecule has 0 atom stereocenters. The van der Waals surface area contributed by atoms with Crippen molar-refractivity contribution in [1.29, 1.82) is 0 Å². The first kappa shape index (κ1) is 30.7. The van der Waals surface area contributed by atoms with Crippen molar-refractivity contribution in [3.8, 4) is 0 Å². The van der Waals surface area contributed by atoms with Gasteiger partial charge in [0.1, 0.15) is 0 Å². The Bertz CT molecular complexity index is 368. The van der Waals surface area contributed by atoms with Crippen LogP contribution in [0.1, 0.15) is 161 Å². The van der Waals surface area contributed by atoms with Crippen molar-refractivity contribution in [3.05, 3.63) is 0 Å². The van der Waals surface area contributed by atoms with Crippen LogP contribution in [0, 0.1) is 0 Å². The summed E-state index contributed by atoms with van der Waals surface area (Å²) in [6.07, 6.45) is 36.7. The Morgan fingerprint density at radius 2 is 0.613 bits per heavy atom. The van der Waals surface area contributed by atoms with Crippen LogP contribution in [0.5, 0.6) is 0 Å². The fraction of sp³-hybridized carbons (Fsp3) is 0.964. The molecule has 0 unspecified atom stereocenters. The minimum atomic E-state index is 0.668. The third kappa shape index (κ3) is 29.7. The summed E-state index contributed by atoms with van der Waals surface area (Å²) in [5.74, 6) is 1.06. The molecule has 0 aromatic heterocycles. The van der Waals surface area contributed by atoms with Crippen molar-refractivity contribution in [3.63, 3.8) is 0 Å². The Morgan fingerprint density at radius 3 is 0.839 bits per heavy atom. The topological polar surface area (TPSA) is 29.4 Å². The molecule has 3 heteroatoms. The number of hydrogen-bond donors (Lipinski definition) is 1. The Morgan fingerprint density at radius 1 is 0.387 bits per heavy atom. The van der Waals surface area contributed by atoms with Crippen molar-refractivity contribution < 1.29 is 4.79 Å². The first-order valence-electron chi connectivity index (χ1n) is 14.1. The quantitative estimate of drug-likeness (QED) is 0.0570. The second-order valence-electron chi connectivity index (χ2n) is 9.54. The van der Waals surface area contributed by atoms with E-state index in [4.69, 9.17) is 0 Å². The van der Waals surface area contributed by atoms with E-state index in [-0.39, 0.29) is 0 Å². The highest BCUT2D eigenvalue weighted by atomic mass is 32.1. The highest BCUT2D eigenvalue weighted by Crippen LogP contribution is 2.15. The largest absolute Gasteiger partial charge is 0.234 e. The molecule has 0 heterocycles. The van der Waals surface area contributed by atoms with Gasteiger partial charge in [-0.15, -0.1) is 0 Å². The Kier molecular flexibility index (Phi) is 29.5. The fourth-order valence-corrected chi connectivity index (χ4v) is 4.64. The molecular formula is C28H55NOS. The average molecular weight is 454 g/mol. The molecule has 0 spiro atoms. The molecule has 0 radical (unpaired) electrons. The van der Waals surface area contributed by atoms with E-state index in [2.05, 4.69) is 17.6 Å². The van der Waals surface area contributed by atoms with Crippen LogP contribution in [0.2, 0.25) is 0 Å². The van der Waals surface area contributed by atoms with E-state index in [9.17, 15) is 4.79 Å². The number of nitrogens with zero attached hydrogens (tertiary/aromatic N) is 1. The first-order valence-corrected chi connectivity index (χ1v) is 14.7. The Balaban J connectivity index is 3.00. The predicted octanol–water partition coefficient (Wildman–Crippen LogP) is 10.0. The summed E-state index contributed by atoms with van der Waals surface area (Å²) in [6, 6.07) is 0. The van der Waals surface area contributed by atoms with Crippen LogP contribution in [0.4, 0.5) is 0 Å². The normalized spacial score (nSPS) is 11.0. The number of aliphatic imine (C=N–C) groups is 1. The maximum Gasteiger partial charge on any atom is 0.234 e. The summed E-state index contributed by atoms with van der Waals surface area (Å²) < 4.78 is 0. The minimum absolute atomic E-state index is 0.668. The highest BCUT2D eigenvalue weighted by Gasteiger charge is 1.96. The van der Waals surface area contributed by atoms with Crippen LogP contribution in [0.15, 0.2) is 4.99 Å². The zero-order valence-corrected chi connectivity index (χ0v) is 21.8. The van der Waals surface area contributed by atoms with Crippen LogP contribution in [0.3, 0.4) is 0 Å². The van der Waals surface area contributed by atoms with Crippen LogP contribution >= 0.6 is 12.6 Å². The molecule has 0 fully saturated rings. The summed E-state index contributed by atoms with van der Waals surface area (Å²) in [5.41, 5.74) is 0. The first-order chi connectivity index (χ1) is 15.4. The number of hydrogen-bond acceptors (Lipinski definition) is 3. The van der Waals surface area contributed by atoms with E-state index in [1.165, 1.54) is 154 Å². The smallest absolute Gasteiger partial charge is 0.211 e. The van der Waals surface area contributed by atoms with E-state index < -0.39 is 0 Å². The lowest BCUT2D eigenvalue weighted by atomic mass is 10.0. The number of rotatable bonds is 27. The summed E-state index contributed by atoms with van der Waals surface area (Å²) in [5, 5.41) is 0. The standard InChI is InChI=1S/C28H55NOS/c30-28-29-26-24-22-20-18-16-14-12-10-8-6-4-2-1-3-5-7-9-11-13-15-17-19-21-23-25-27-31/h31H,1-27H2. The molecule has 0 saturated heterocycles. The van der Waals surface area contributed by atoms with Crippen molar-refractivity contribution in [1.82, 2.24) is 0 Å². The maximum atomic E-state index is 9.95. The van der Waals surface area contributed by atoms with Crippen LogP contribution in [-0.2, 0) is 4.79 Å². The molecule has 31 heavy (non-hydrogen) atoms. The van der Waals surface area contributed by atoms with Gasteiger partial charge in [0.05, 0.1) is 6.54 Å². The molecule has 184 valence electrons. The third-order valence-corrected chi connectivity index (χ3v) is 6.81. The van der Waals surface area contributed by atoms with E-state index >= 15 is 0 Å². The highest BCUT2D eigenvalue weighted by molar-refractivity contribution is 7.80. The molecule has 0 saturated carbocycles. The van der Waals surface area contributed by atoms with Gasteiger partial charge >= 0.3 is 0 Å². The lowest BCUT2D eigenvalue weighted by Crippen LogP contribution is -1.85. The van der Waals surface area contributed by atoms with Gasteiger partial charge in [-0.25, -0.2) is 9.79 Å². The second kappa shape index (κ2) is 29.7. The third-order valence-electron chi connectivity index (χ3n) is 6.49. The fourth-order valence-electron chi connectivity index (χ4n) is 4.41. The summed E-state index contributed by atoms with van der Waals surface area (Å²) in [4.78, 5) is 13.5. The molecule has 0 bridgehead atoms. The lowest BCUT2D eigenvalue weighted by molar-refractivity contribution is 0.516. The van der Waals surface area contributed by atoms with Crippen molar-refractivity contribution >= 4 is 18.7 Å². The van der Waals surface area contributed by atoms with Crippen LogP contribution < -0.4 is 0 Å². The van der Waals surface area contributed by atoms with Crippen LogP contribution in [-0.4, -0.2) is 18.4 Å². The van der Waals surface area contributed by atoms with Gasteiger partial charge in [-0.1, -0.05) is 148 Å². The van der Waals surface area contributed by atoms with Crippen molar-refractivity contribution in [2.75, 3.05) is 12.3 Å². The van der Waals surface area contributed by atoms with Crippen LogP contribution in [0.25, 0.3) is 0 Å². The number of isocyanates is 1. The van der Waals surface area contributed by atoms with E-state index in [0.717, 1.165) is 12.2 Å². The molecular weight excluding hydrogens is 398 g/mol. The van der Waals surface area contributed by atoms with Gasteiger partial charge in [-0.2, -0.15) is 12.6 Å². The average Bonchev–Trinajstić information content (AvgIpc) is 2.78. The molecule has 0 N–H and O–H groups in total. The molecule has 2 nitrogen and oxygen atoms in total. The van der Waals surface area contributed by atoms with E-state index in [1.54, 1.807) is 6.08 Å². The van der Waals surface area contributed by atoms with Gasteiger partial charge in [0.25, 0.3) is 0 Å². The number of thiol groups is 1. The van der Waals surface area contributed by atoms with Gasteiger partial charge < -0.3 is 0 Å². The summed E-state index contributed by atoms with van der Waals surface area (Å²) in [7, 11) is 0.